The first-order valence-corrected chi connectivity index (χ1v) is 13.5. The minimum absolute atomic E-state index is 0.00533. The van der Waals surface area contributed by atoms with Crippen LogP contribution >= 0.6 is 0 Å². The van der Waals surface area contributed by atoms with Gasteiger partial charge in [0.1, 0.15) is 11.6 Å². The van der Waals surface area contributed by atoms with E-state index in [2.05, 4.69) is 25.8 Å². The van der Waals surface area contributed by atoms with Gasteiger partial charge in [-0.25, -0.2) is 8.78 Å². The number of aryl methyl sites for hydroxylation is 2. The third-order valence-corrected chi connectivity index (χ3v) is 7.94. The predicted molar refractivity (Wildman–Crippen MR) is 139 cm³/mol. The lowest BCUT2D eigenvalue weighted by atomic mass is 9.87. The Morgan fingerprint density at radius 2 is 1.90 bits per heavy atom. The fourth-order valence-electron chi connectivity index (χ4n) is 5.66. The minimum Gasteiger partial charge on any atom is -0.355 e. The number of aromatic nitrogens is 3. The van der Waals surface area contributed by atoms with Crippen LogP contribution in [0.25, 0.3) is 11.3 Å². The zero-order valence-electron chi connectivity index (χ0n) is 22.3. The van der Waals surface area contributed by atoms with Crippen LogP contribution in [0.15, 0.2) is 34.9 Å². The third-order valence-electron chi connectivity index (χ3n) is 7.94. The molecule has 0 spiro atoms. The largest absolute Gasteiger partial charge is 0.355 e. The Balaban J connectivity index is 1.29. The molecule has 9 nitrogen and oxygen atoms in total. The second kappa shape index (κ2) is 11.6. The summed E-state index contributed by atoms with van der Waals surface area (Å²) in [5.41, 5.74) is 1.74. The number of carbonyl (C=O) groups excluding carboxylic acids is 2. The third kappa shape index (κ3) is 6.19. The fourth-order valence-corrected chi connectivity index (χ4v) is 5.66. The van der Waals surface area contributed by atoms with E-state index in [1.807, 2.05) is 20.0 Å². The normalized spacial score (nSPS) is 20.6. The molecule has 3 heterocycles. The van der Waals surface area contributed by atoms with E-state index >= 15 is 0 Å². The zero-order chi connectivity index (χ0) is 27.5. The molecule has 0 bridgehead atoms. The summed E-state index contributed by atoms with van der Waals surface area (Å²) in [6, 6.07) is 6.38. The summed E-state index contributed by atoms with van der Waals surface area (Å²) in [5.74, 6) is -2.62. The van der Waals surface area contributed by atoms with E-state index in [-0.39, 0.29) is 22.9 Å². The summed E-state index contributed by atoms with van der Waals surface area (Å²) < 4.78 is 34.4. The summed E-state index contributed by atoms with van der Waals surface area (Å²) in [7, 11) is 1.86. The highest BCUT2D eigenvalue weighted by Gasteiger charge is 2.38. The van der Waals surface area contributed by atoms with E-state index in [0.29, 0.717) is 25.6 Å². The molecule has 5 rings (SSSR count). The molecule has 1 aliphatic carbocycles. The Hall–Kier alpha value is -3.60. The van der Waals surface area contributed by atoms with Gasteiger partial charge in [0.15, 0.2) is 11.5 Å². The number of hydrogen-bond acceptors (Lipinski definition) is 6. The van der Waals surface area contributed by atoms with Gasteiger partial charge in [-0.15, -0.1) is 0 Å². The summed E-state index contributed by atoms with van der Waals surface area (Å²) >= 11 is 0. The van der Waals surface area contributed by atoms with Crippen molar-refractivity contribution < 1.29 is 22.9 Å². The molecule has 1 aliphatic heterocycles. The number of benzene rings is 1. The van der Waals surface area contributed by atoms with Gasteiger partial charge in [-0.2, -0.15) is 5.10 Å². The van der Waals surface area contributed by atoms with Crippen molar-refractivity contribution in [2.24, 2.45) is 13.0 Å². The monoisotopic (exact) mass is 540 g/mol. The van der Waals surface area contributed by atoms with Gasteiger partial charge in [-0.05, 0) is 44.4 Å². The SMILES string of the molecule is Cc1cc(CNC(=O)[C@@H]2CN(C3CCCCC3)CC[C@H]2NC(=O)c2cc(-c3ccc(F)cc3F)on2)nn1C. The van der Waals surface area contributed by atoms with Crippen molar-refractivity contribution in [3.05, 3.63) is 59.0 Å². The lowest BCUT2D eigenvalue weighted by Crippen LogP contribution is -2.57. The van der Waals surface area contributed by atoms with Gasteiger partial charge in [0.05, 0.1) is 23.7 Å². The van der Waals surface area contributed by atoms with Crippen LogP contribution in [0.3, 0.4) is 0 Å². The molecule has 2 aromatic heterocycles. The Kier molecular flexibility index (Phi) is 8.06. The summed E-state index contributed by atoms with van der Waals surface area (Å²) in [5, 5.41) is 14.2. The van der Waals surface area contributed by atoms with E-state index in [4.69, 9.17) is 4.52 Å². The highest BCUT2D eigenvalue weighted by molar-refractivity contribution is 5.94. The van der Waals surface area contributed by atoms with E-state index in [1.165, 1.54) is 31.4 Å². The number of hydrogen-bond donors (Lipinski definition) is 2. The van der Waals surface area contributed by atoms with E-state index in [9.17, 15) is 18.4 Å². The molecule has 1 saturated heterocycles. The number of amides is 2. The number of rotatable bonds is 7. The maximum absolute atomic E-state index is 14.2. The molecule has 3 aromatic rings. The van der Waals surface area contributed by atoms with Crippen LogP contribution in [0.4, 0.5) is 8.78 Å². The zero-order valence-corrected chi connectivity index (χ0v) is 22.3. The Morgan fingerprint density at radius 1 is 1.10 bits per heavy atom. The first-order chi connectivity index (χ1) is 18.8. The van der Waals surface area contributed by atoms with Crippen LogP contribution in [0.1, 0.15) is 60.4 Å². The number of halogens is 2. The molecule has 2 aliphatic rings. The van der Waals surface area contributed by atoms with E-state index in [1.54, 1.807) is 4.68 Å². The van der Waals surface area contributed by atoms with Crippen LogP contribution in [0, 0.1) is 24.5 Å². The molecule has 2 fully saturated rings. The van der Waals surface area contributed by atoms with Crippen LogP contribution in [0.5, 0.6) is 0 Å². The van der Waals surface area contributed by atoms with Gasteiger partial charge < -0.3 is 15.2 Å². The van der Waals surface area contributed by atoms with Crippen molar-refractivity contribution in [2.45, 2.75) is 64.1 Å². The second-order valence-corrected chi connectivity index (χ2v) is 10.6. The molecule has 208 valence electrons. The molecule has 1 aromatic carbocycles. The summed E-state index contributed by atoms with van der Waals surface area (Å²) in [6.45, 7) is 3.58. The molecule has 2 N–H and O–H groups in total. The molecule has 39 heavy (non-hydrogen) atoms. The molecule has 11 heteroatoms. The standard InChI is InChI=1S/C28H34F2N6O3/c1-17-12-19(33-35(17)2)15-31-27(37)22-16-36(20-6-4-3-5-7-20)11-10-24(22)32-28(38)25-14-26(39-34-25)21-9-8-18(29)13-23(21)30/h8-9,12-14,20,22,24H,3-7,10-11,15-16H2,1-2H3,(H,31,37)(H,32,38)/t22-,24-/m1/s1. The van der Waals surface area contributed by atoms with Gasteiger partial charge in [0.2, 0.25) is 5.91 Å². The molecule has 0 radical (unpaired) electrons. The van der Waals surface area contributed by atoms with Crippen molar-refractivity contribution in [3.8, 4) is 11.3 Å². The molecule has 2 amide bonds. The molecule has 2 atom stereocenters. The van der Waals surface area contributed by atoms with Crippen LogP contribution in [-0.4, -0.2) is 56.8 Å². The molecule has 0 unspecified atom stereocenters. The van der Waals surface area contributed by atoms with E-state index < -0.39 is 29.5 Å². The van der Waals surface area contributed by atoms with E-state index in [0.717, 1.165) is 42.9 Å². The Bertz CT molecular complexity index is 1310. The second-order valence-electron chi connectivity index (χ2n) is 10.6. The van der Waals surface area contributed by atoms with Crippen molar-refractivity contribution in [2.75, 3.05) is 13.1 Å². The molecular formula is C28H34F2N6O3. The topological polar surface area (TPSA) is 105 Å². The minimum atomic E-state index is -0.812. The maximum Gasteiger partial charge on any atom is 0.273 e. The average molecular weight is 541 g/mol. The van der Waals surface area contributed by atoms with Crippen molar-refractivity contribution in [1.82, 2.24) is 30.5 Å². The number of nitrogens with one attached hydrogen (secondary N) is 2. The smallest absolute Gasteiger partial charge is 0.273 e. The van der Waals surface area contributed by atoms with Gasteiger partial charge in [0, 0.05) is 50.0 Å². The first-order valence-electron chi connectivity index (χ1n) is 13.5. The van der Waals surface area contributed by atoms with Gasteiger partial charge in [-0.1, -0.05) is 24.4 Å². The van der Waals surface area contributed by atoms with Crippen LogP contribution in [-0.2, 0) is 18.4 Å². The number of piperidine rings is 1. The van der Waals surface area contributed by atoms with Crippen LogP contribution < -0.4 is 10.6 Å². The van der Waals surface area contributed by atoms with Crippen LogP contribution in [0.2, 0.25) is 0 Å². The van der Waals surface area contributed by atoms with Gasteiger partial charge in [-0.3, -0.25) is 19.2 Å². The van der Waals surface area contributed by atoms with Gasteiger partial charge >= 0.3 is 0 Å². The molecular weight excluding hydrogens is 506 g/mol. The van der Waals surface area contributed by atoms with Crippen molar-refractivity contribution in [1.29, 1.82) is 0 Å². The highest BCUT2D eigenvalue weighted by Crippen LogP contribution is 2.28. The predicted octanol–water partition coefficient (Wildman–Crippen LogP) is 3.73. The highest BCUT2D eigenvalue weighted by atomic mass is 19.1. The lowest BCUT2D eigenvalue weighted by Gasteiger charge is -2.43. The first kappa shape index (κ1) is 27.0. The fraction of sp³-hybridized carbons (Fsp3) is 0.500. The summed E-state index contributed by atoms with van der Waals surface area (Å²) in [4.78, 5) is 29.0. The summed E-state index contributed by atoms with van der Waals surface area (Å²) in [6.07, 6.45) is 6.50. The van der Waals surface area contributed by atoms with Gasteiger partial charge in [0.25, 0.3) is 5.91 Å². The number of likely N-dealkylation sites (tertiary alicyclic amines) is 1. The lowest BCUT2D eigenvalue weighted by molar-refractivity contribution is -0.128. The van der Waals surface area contributed by atoms with Crippen molar-refractivity contribution >= 4 is 11.8 Å². The molecule has 1 saturated carbocycles. The number of carbonyl (C=O) groups is 2. The Labute approximate surface area is 225 Å². The maximum atomic E-state index is 14.2. The number of nitrogens with zero attached hydrogens (tertiary/aromatic N) is 4. The Morgan fingerprint density at radius 3 is 2.62 bits per heavy atom. The quantitative estimate of drug-likeness (QED) is 0.473. The van der Waals surface area contributed by atoms with Crippen molar-refractivity contribution in [3.63, 3.8) is 0 Å². The average Bonchev–Trinajstić information content (AvgIpc) is 3.54.